The largest absolute Gasteiger partial charge is 0.471 e. The maximum Gasteiger partial charge on any atom is 0.272 e. The van der Waals surface area contributed by atoms with Gasteiger partial charge in [0.2, 0.25) is 5.88 Å². The highest BCUT2D eigenvalue weighted by Crippen LogP contribution is 2.23. The summed E-state index contributed by atoms with van der Waals surface area (Å²) in [5.41, 5.74) is 2.19. The molecule has 0 bridgehead atoms. The van der Waals surface area contributed by atoms with Gasteiger partial charge in [-0.15, -0.1) is 0 Å². The van der Waals surface area contributed by atoms with Crippen molar-refractivity contribution in [3.8, 4) is 5.88 Å². The fourth-order valence-corrected chi connectivity index (χ4v) is 3.34. The van der Waals surface area contributed by atoms with Crippen LogP contribution in [0.25, 0.3) is 10.9 Å². The Kier molecular flexibility index (Phi) is 5.84. The Bertz CT molecular complexity index is 1050. The minimum absolute atomic E-state index is 0.188. The number of rotatable bonds is 7. The van der Waals surface area contributed by atoms with Crippen LogP contribution in [0.4, 0.5) is 14.6 Å². The first-order valence-corrected chi connectivity index (χ1v) is 9.60. The monoisotopic (exact) mass is 417 g/mol. The molecule has 3 aromatic heterocycles. The summed E-state index contributed by atoms with van der Waals surface area (Å²) < 4.78 is 36.8. The lowest BCUT2D eigenvalue weighted by atomic mass is 10.2. The van der Waals surface area contributed by atoms with Gasteiger partial charge in [-0.3, -0.25) is 9.48 Å². The maximum absolute atomic E-state index is 12.4. The van der Waals surface area contributed by atoms with Crippen molar-refractivity contribution in [2.75, 3.05) is 18.5 Å². The van der Waals surface area contributed by atoms with Crippen molar-refractivity contribution in [3.05, 3.63) is 41.9 Å². The summed E-state index contributed by atoms with van der Waals surface area (Å²) >= 11 is 0. The zero-order chi connectivity index (χ0) is 21.1. The number of carbonyl (C=O) groups excluding carboxylic acids is 1. The predicted molar refractivity (Wildman–Crippen MR) is 105 cm³/mol. The van der Waals surface area contributed by atoms with Crippen molar-refractivity contribution in [1.82, 2.24) is 19.7 Å². The lowest BCUT2D eigenvalue weighted by molar-refractivity contribution is -0.124. The molecule has 0 aliphatic carbocycles. The van der Waals surface area contributed by atoms with Crippen LogP contribution in [0, 0.1) is 6.92 Å². The molecule has 4 rings (SSSR count). The van der Waals surface area contributed by atoms with E-state index in [-0.39, 0.29) is 11.8 Å². The van der Waals surface area contributed by atoms with Crippen LogP contribution in [0.5, 0.6) is 5.88 Å². The summed E-state index contributed by atoms with van der Waals surface area (Å²) in [7, 11) is 0. The van der Waals surface area contributed by atoms with E-state index in [2.05, 4.69) is 20.4 Å². The third-order valence-corrected chi connectivity index (χ3v) is 4.72. The lowest BCUT2D eigenvalue weighted by Crippen LogP contribution is -2.27. The number of alkyl halides is 2. The average Bonchev–Trinajstić information content (AvgIpc) is 3.37. The van der Waals surface area contributed by atoms with Crippen LogP contribution in [-0.4, -0.2) is 51.4 Å². The zero-order valence-corrected chi connectivity index (χ0v) is 16.3. The molecule has 8 nitrogen and oxygen atoms in total. The Morgan fingerprint density at radius 1 is 1.43 bits per heavy atom. The Hall–Kier alpha value is -3.14. The van der Waals surface area contributed by atoms with Gasteiger partial charge in [-0.25, -0.2) is 18.7 Å². The van der Waals surface area contributed by atoms with Gasteiger partial charge in [0.1, 0.15) is 11.9 Å². The first-order valence-electron chi connectivity index (χ1n) is 9.60. The van der Waals surface area contributed by atoms with Crippen LogP contribution in [0.2, 0.25) is 0 Å². The summed E-state index contributed by atoms with van der Waals surface area (Å²) in [5, 5.41) is 8.06. The summed E-state index contributed by atoms with van der Waals surface area (Å²) in [4.78, 5) is 20.7. The van der Waals surface area contributed by atoms with E-state index in [1.165, 1.54) is 0 Å². The molecule has 1 fully saturated rings. The Labute approximate surface area is 171 Å². The number of aromatic nitrogens is 4. The van der Waals surface area contributed by atoms with Crippen LogP contribution in [0.15, 0.2) is 30.7 Å². The van der Waals surface area contributed by atoms with Gasteiger partial charge in [-0.05, 0) is 37.5 Å². The number of nitrogens with zero attached hydrogens (tertiary/aromatic N) is 4. The molecule has 4 heterocycles. The molecule has 0 spiro atoms. The molecule has 1 aliphatic heterocycles. The number of fused-ring (bicyclic) bond motifs is 1. The van der Waals surface area contributed by atoms with Crippen LogP contribution in [-0.2, 0) is 16.1 Å². The number of hydrogen-bond acceptors (Lipinski definition) is 6. The van der Waals surface area contributed by atoms with E-state index >= 15 is 0 Å². The molecule has 30 heavy (non-hydrogen) atoms. The SMILES string of the molecule is Cc1cc(Cn2cc3c(NC(=O)[C@H]4CCCO4)nccc3n2)cnc1OCC(F)F. The molecule has 1 aliphatic rings. The smallest absolute Gasteiger partial charge is 0.272 e. The standard InChI is InChI=1S/C20H21F2N5O3/c1-12-7-13(8-24-20(12)30-11-17(21)22)9-27-10-14-15(26-27)4-5-23-18(14)25-19(28)16-3-2-6-29-16/h4-5,7-8,10,16-17H,2-3,6,9,11H2,1H3,(H,23,25,28)/t16-/m1/s1. The number of nitrogens with one attached hydrogen (secondary N) is 1. The van der Waals surface area contributed by atoms with E-state index < -0.39 is 19.1 Å². The van der Waals surface area contributed by atoms with Crippen molar-refractivity contribution in [2.45, 2.75) is 38.8 Å². The fourth-order valence-electron chi connectivity index (χ4n) is 3.34. The summed E-state index contributed by atoms with van der Waals surface area (Å²) in [6.45, 7) is 2.06. The number of ether oxygens (including phenoxy) is 2. The highest BCUT2D eigenvalue weighted by atomic mass is 19.3. The van der Waals surface area contributed by atoms with E-state index in [1.54, 1.807) is 36.3 Å². The minimum atomic E-state index is -2.55. The second-order valence-corrected chi connectivity index (χ2v) is 7.08. The van der Waals surface area contributed by atoms with Gasteiger partial charge in [0, 0.05) is 30.8 Å². The molecule has 1 saturated heterocycles. The van der Waals surface area contributed by atoms with Gasteiger partial charge in [0.05, 0.1) is 17.4 Å². The highest BCUT2D eigenvalue weighted by molar-refractivity contribution is 6.00. The second-order valence-electron chi connectivity index (χ2n) is 7.08. The molecule has 1 atom stereocenters. The van der Waals surface area contributed by atoms with Crippen molar-refractivity contribution >= 4 is 22.6 Å². The first kappa shape index (κ1) is 20.1. The lowest BCUT2D eigenvalue weighted by Gasteiger charge is -2.10. The number of halogens is 2. The van der Waals surface area contributed by atoms with Gasteiger partial charge >= 0.3 is 0 Å². The molecule has 0 unspecified atom stereocenters. The van der Waals surface area contributed by atoms with Gasteiger partial charge in [0.25, 0.3) is 12.3 Å². The molecule has 0 radical (unpaired) electrons. The number of hydrogen-bond donors (Lipinski definition) is 1. The maximum atomic E-state index is 12.4. The van der Waals surface area contributed by atoms with Gasteiger partial charge < -0.3 is 14.8 Å². The second kappa shape index (κ2) is 8.70. The van der Waals surface area contributed by atoms with E-state index in [9.17, 15) is 13.6 Å². The van der Waals surface area contributed by atoms with E-state index in [1.807, 2.05) is 6.07 Å². The Balaban J connectivity index is 1.50. The number of aryl methyl sites for hydroxylation is 1. The molecule has 158 valence electrons. The fraction of sp³-hybridized carbons (Fsp3) is 0.400. The number of carbonyl (C=O) groups is 1. The third kappa shape index (κ3) is 4.54. The summed E-state index contributed by atoms with van der Waals surface area (Å²) in [6, 6.07) is 3.58. The topological polar surface area (TPSA) is 91.2 Å². The van der Waals surface area contributed by atoms with Gasteiger partial charge in [-0.1, -0.05) is 0 Å². The van der Waals surface area contributed by atoms with Crippen LogP contribution >= 0.6 is 0 Å². The van der Waals surface area contributed by atoms with Gasteiger partial charge in [-0.2, -0.15) is 5.10 Å². The van der Waals surface area contributed by atoms with Gasteiger partial charge in [0.15, 0.2) is 6.61 Å². The van der Waals surface area contributed by atoms with E-state index in [0.717, 1.165) is 12.0 Å². The Morgan fingerprint density at radius 3 is 3.03 bits per heavy atom. The molecular weight excluding hydrogens is 396 g/mol. The Morgan fingerprint density at radius 2 is 2.30 bits per heavy atom. The van der Waals surface area contributed by atoms with Crippen LogP contribution in [0.1, 0.15) is 24.0 Å². The summed E-state index contributed by atoms with van der Waals surface area (Å²) in [5.74, 6) is 0.414. The molecule has 10 heteroatoms. The zero-order valence-electron chi connectivity index (χ0n) is 16.3. The molecule has 1 amide bonds. The normalized spacial score (nSPS) is 16.3. The molecule has 1 N–H and O–H groups in total. The van der Waals surface area contributed by atoms with Crippen molar-refractivity contribution in [3.63, 3.8) is 0 Å². The molecule has 0 aromatic carbocycles. The highest BCUT2D eigenvalue weighted by Gasteiger charge is 2.24. The summed E-state index contributed by atoms with van der Waals surface area (Å²) in [6.07, 6.45) is 3.52. The average molecular weight is 417 g/mol. The first-order chi connectivity index (χ1) is 14.5. The number of pyridine rings is 2. The molecular formula is C20H21F2N5O3. The van der Waals surface area contributed by atoms with E-state index in [4.69, 9.17) is 9.47 Å². The number of anilines is 1. The van der Waals surface area contributed by atoms with Crippen molar-refractivity contribution in [2.24, 2.45) is 0 Å². The van der Waals surface area contributed by atoms with Crippen LogP contribution in [0.3, 0.4) is 0 Å². The van der Waals surface area contributed by atoms with Crippen LogP contribution < -0.4 is 10.1 Å². The van der Waals surface area contributed by atoms with E-state index in [0.29, 0.717) is 41.9 Å². The molecule has 0 saturated carbocycles. The molecule has 3 aromatic rings. The predicted octanol–water partition coefficient (Wildman–Crippen LogP) is 2.94. The third-order valence-electron chi connectivity index (χ3n) is 4.72. The minimum Gasteiger partial charge on any atom is -0.471 e. The van der Waals surface area contributed by atoms with Crippen molar-refractivity contribution in [1.29, 1.82) is 0 Å². The number of amides is 1. The quantitative estimate of drug-likeness (QED) is 0.636. The van der Waals surface area contributed by atoms with Crippen molar-refractivity contribution < 1.29 is 23.0 Å².